The molecule has 0 aliphatic heterocycles. The summed E-state index contributed by atoms with van der Waals surface area (Å²) in [4.78, 5) is 0. The SMILES string of the molecule is C[C@H](N)CN.C[C@H](N)CN.C[C@H](N)CN.O.O.[Cl-].[Cl-].[Zn+2]. The van der Waals surface area contributed by atoms with Crippen LogP contribution in [0.3, 0.4) is 0 Å². The smallest absolute Gasteiger partial charge is 1.00 e. The molecule has 0 heterocycles. The minimum atomic E-state index is 0. The number of hydrogen-bond donors (Lipinski definition) is 6. The predicted molar refractivity (Wildman–Crippen MR) is 75.3 cm³/mol. The zero-order valence-corrected chi connectivity index (χ0v) is 17.3. The third-order valence-corrected chi connectivity index (χ3v) is 1.12. The van der Waals surface area contributed by atoms with Gasteiger partial charge in [-0.1, -0.05) is 0 Å². The summed E-state index contributed by atoms with van der Waals surface area (Å²) in [6, 6.07) is 0.486. The maximum Gasteiger partial charge on any atom is 2.00 e. The van der Waals surface area contributed by atoms with E-state index in [0.717, 1.165) is 0 Å². The fourth-order valence-electron chi connectivity index (χ4n) is 0. The first-order valence-electron chi connectivity index (χ1n) is 5.18. The van der Waals surface area contributed by atoms with Gasteiger partial charge in [0.25, 0.3) is 0 Å². The Bertz CT molecular complexity index is 99.4. The summed E-state index contributed by atoms with van der Waals surface area (Å²) in [6.07, 6.45) is 0. The minimum absolute atomic E-state index is 0. The van der Waals surface area contributed by atoms with Gasteiger partial charge in [0.05, 0.1) is 0 Å². The van der Waals surface area contributed by atoms with Gasteiger partial charge in [0.2, 0.25) is 0 Å². The van der Waals surface area contributed by atoms with Gasteiger partial charge < -0.3 is 70.2 Å². The molecule has 0 spiro atoms. The molecular formula is C9H34Cl2N6O2Zn. The van der Waals surface area contributed by atoms with E-state index in [1.807, 2.05) is 20.8 Å². The summed E-state index contributed by atoms with van der Waals surface area (Å²) in [7, 11) is 0. The van der Waals surface area contributed by atoms with Crippen LogP contribution in [0.25, 0.3) is 0 Å². The fraction of sp³-hybridized carbons (Fsp3) is 1.00. The van der Waals surface area contributed by atoms with Crippen molar-refractivity contribution in [2.75, 3.05) is 19.6 Å². The van der Waals surface area contributed by atoms with E-state index in [2.05, 4.69) is 0 Å². The summed E-state index contributed by atoms with van der Waals surface area (Å²) in [5.41, 5.74) is 30.6. The molecule has 20 heavy (non-hydrogen) atoms. The van der Waals surface area contributed by atoms with Crippen LogP contribution in [-0.2, 0) is 19.5 Å². The Balaban J connectivity index is -0.0000000160. The molecular weight excluding hydrogens is 360 g/mol. The van der Waals surface area contributed by atoms with Crippen molar-refractivity contribution in [3.8, 4) is 0 Å². The van der Waals surface area contributed by atoms with E-state index in [-0.39, 0.29) is 73.4 Å². The van der Waals surface area contributed by atoms with Crippen molar-refractivity contribution in [1.29, 1.82) is 0 Å². The molecule has 0 aromatic rings. The number of halogens is 2. The third-order valence-electron chi connectivity index (χ3n) is 1.12. The topological polar surface area (TPSA) is 219 Å². The van der Waals surface area contributed by atoms with Gasteiger partial charge in [0.15, 0.2) is 0 Å². The molecule has 0 amide bonds. The predicted octanol–water partition coefficient (Wildman–Crippen LogP) is -9.77. The van der Waals surface area contributed by atoms with Crippen molar-refractivity contribution in [2.45, 2.75) is 38.9 Å². The standard InChI is InChI=1S/3C3H10N2.2ClH.2H2O.Zn/c3*1-3(5)2-4;;;;;/h3*3H,2,4-5H2,1H3;2*1H;2*1H2;/q;;;;;;;+2/p-2/t3*3-;;;;;/m000...../s1. The molecule has 0 bridgehead atoms. The third kappa shape index (κ3) is 127. The van der Waals surface area contributed by atoms with Gasteiger partial charge in [0.1, 0.15) is 0 Å². The number of hydrogen-bond acceptors (Lipinski definition) is 6. The maximum atomic E-state index is 5.17. The normalized spacial score (nSPS) is 11.2. The molecule has 0 aliphatic carbocycles. The molecule has 0 aromatic heterocycles. The quantitative estimate of drug-likeness (QED) is 0.255. The second kappa shape index (κ2) is 42.7. The summed E-state index contributed by atoms with van der Waals surface area (Å²) in [5.74, 6) is 0. The minimum Gasteiger partial charge on any atom is -1.00 e. The number of rotatable bonds is 3. The second-order valence-corrected chi connectivity index (χ2v) is 3.64. The molecule has 0 fully saturated rings. The Morgan fingerprint density at radius 1 is 0.600 bits per heavy atom. The first-order valence-corrected chi connectivity index (χ1v) is 5.18. The molecule has 0 aromatic carbocycles. The van der Waals surface area contributed by atoms with Gasteiger partial charge in [-0.15, -0.1) is 0 Å². The van der Waals surface area contributed by atoms with Gasteiger partial charge in [0, 0.05) is 37.8 Å². The summed E-state index contributed by atoms with van der Waals surface area (Å²) >= 11 is 0. The van der Waals surface area contributed by atoms with E-state index >= 15 is 0 Å². The van der Waals surface area contributed by atoms with Crippen molar-refractivity contribution >= 4 is 0 Å². The van der Waals surface area contributed by atoms with Gasteiger partial charge in [-0.2, -0.15) is 0 Å². The average molecular weight is 395 g/mol. The van der Waals surface area contributed by atoms with Crippen LogP contribution in [0.4, 0.5) is 0 Å². The van der Waals surface area contributed by atoms with Crippen LogP contribution in [0.15, 0.2) is 0 Å². The van der Waals surface area contributed by atoms with Crippen molar-refractivity contribution in [3.63, 3.8) is 0 Å². The van der Waals surface area contributed by atoms with Gasteiger partial charge in [-0.3, -0.25) is 0 Å². The molecule has 0 aliphatic rings. The summed E-state index contributed by atoms with van der Waals surface area (Å²) < 4.78 is 0. The number of nitrogens with two attached hydrogens (primary N) is 6. The van der Waals surface area contributed by atoms with E-state index in [4.69, 9.17) is 34.4 Å². The summed E-state index contributed by atoms with van der Waals surface area (Å²) in [6.45, 7) is 7.38. The first kappa shape index (κ1) is 49.7. The van der Waals surface area contributed by atoms with Crippen LogP contribution in [0.1, 0.15) is 20.8 Å². The van der Waals surface area contributed by atoms with Gasteiger partial charge in [-0.05, 0) is 20.8 Å². The maximum absolute atomic E-state index is 5.17. The van der Waals surface area contributed by atoms with Crippen molar-refractivity contribution in [2.24, 2.45) is 34.4 Å². The Morgan fingerprint density at radius 3 is 0.650 bits per heavy atom. The van der Waals surface area contributed by atoms with E-state index in [1.54, 1.807) is 0 Å². The van der Waals surface area contributed by atoms with Crippen molar-refractivity contribution < 1.29 is 55.2 Å². The second-order valence-electron chi connectivity index (χ2n) is 3.64. The Labute approximate surface area is 148 Å². The molecule has 8 nitrogen and oxygen atoms in total. The van der Waals surface area contributed by atoms with Crippen molar-refractivity contribution in [3.05, 3.63) is 0 Å². The zero-order chi connectivity index (χ0) is 12.9. The molecule has 128 valence electrons. The molecule has 0 unspecified atom stereocenters. The van der Waals surface area contributed by atoms with Gasteiger partial charge >= 0.3 is 19.5 Å². The Kier molecular flexibility index (Phi) is 106. The van der Waals surface area contributed by atoms with E-state index < -0.39 is 0 Å². The molecule has 0 radical (unpaired) electrons. The van der Waals surface area contributed by atoms with Crippen LogP contribution in [-0.4, -0.2) is 48.7 Å². The molecule has 0 rings (SSSR count). The molecule has 3 atom stereocenters. The van der Waals surface area contributed by atoms with Gasteiger partial charge in [-0.25, -0.2) is 0 Å². The molecule has 0 saturated heterocycles. The van der Waals surface area contributed by atoms with Crippen molar-refractivity contribution in [1.82, 2.24) is 0 Å². The van der Waals surface area contributed by atoms with Crippen LogP contribution in [0.2, 0.25) is 0 Å². The molecule has 11 heteroatoms. The molecule has 16 N–H and O–H groups in total. The summed E-state index contributed by atoms with van der Waals surface area (Å²) in [5, 5.41) is 0. The van der Waals surface area contributed by atoms with E-state index in [0.29, 0.717) is 19.6 Å². The largest absolute Gasteiger partial charge is 2.00 e. The average Bonchev–Trinajstić information content (AvgIpc) is 2.19. The monoisotopic (exact) mass is 392 g/mol. The zero-order valence-electron chi connectivity index (χ0n) is 12.8. The van der Waals surface area contributed by atoms with Crippen LogP contribution < -0.4 is 59.2 Å². The van der Waals surface area contributed by atoms with Crippen LogP contribution in [0.5, 0.6) is 0 Å². The first-order chi connectivity index (χ1) is 6.81. The van der Waals surface area contributed by atoms with E-state index in [1.165, 1.54) is 0 Å². The van der Waals surface area contributed by atoms with Crippen LogP contribution >= 0.6 is 0 Å². The fourth-order valence-corrected chi connectivity index (χ4v) is 0. The Morgan fingerprint density at radius 2 is 0.650 bits per heavy atom. The van der Waals surface area contributed by atoms with E-state index in [9.17, 15) is 0 Å². The van der Waals surface area contributed by atoms with Crippen LogP contribution in [0, 0.1) is 0 Å². The Hall–Kier alpha value is 0.883. The molecule has 0 saturated carbocycles.